The Kier molecular flexibility index (Phi) is 4.50. The molecule has 5 nitrogen and oxygen atoms in total. The number of benzene rings is 3. The Morgan fingerprint density at radius 3 is 2.77 bits per heavy atom. The fourth-order valence-corrected chi connectivity index (χ4v) is 5.04. The Balaban J connectivity index is 1.31. The summed E-state index contributed by atoms with van der Waals surface area (Å²) in [5.74, 6) is 3.42. The second-order valence-electron chi connectivity index (χ2n) is 8.35. The minimum atomic E-state index is 0.320. The summed E-state index contributed by atoms with van der Waals surface area (Å²) >= 11 is 0. The molecule has 6 rings (SSSR count). The zero-order valence-corrected chi connectivity index (χ0v) is 17.6. The fourth-order valence-electron chi connectivity index (χ4n) is 5.04. The molecule has 3 aliphatic rings. The van der Waals surface area contributed by atoms with E-state index in [1.54, 1.807) is 7.11 Å². The summed E-state index contributed by atoms with van der Waals surface area (Å²) in [6.45, 7) is 2.76. The van der Waals surface area contributed by atoms with Crippen LogP contribution in [-0.4, -0.2) is 25.3 Å². The van der Waals surface area contributed by atoms with Gasteiger partial charge in [0.1, 0.15) is 6.61 Å². The first-order valence-electron chi connectivity index (χ1n) is 10.8. The van der Waals surface area contributed by atoms with Gasteiger partial charge in [-0.2, -0.15) is 0 Å². The van der Waals surface area contributed by atoms with Crippen molar-refractivity contribution < 1.29 is 18.9 Å². The Morgan fingerprint density at radius 2 is 1.90 bits per heavy atom. The van der Waals surface area contributed by atoms with Crippen molar-refractivity contribution in [3.8, 4) is 23.0 Å². The lowest BCUT2D eigenvalue weighted by atomic mass is 9.83. The van der Waals surface area contributed by atoms with Crippen LogP contribution in [0.2, 0.25) is 0 Å². The first kappa shape index (κ1) is 18.6. The molecule has 5 heteroatoms. The molecule has 158 valence electrons. The van der Waals surface area contributed by atoms with Crippen LogP contribution in [0.1, 0.15) is 33.9 Å². The van der Waals surface area contributed by atoms with Gasteiger partial charge in [0.2, 0.25) is 6.79 Å². The predicted octanol–water partition coefficient (Wildman–Crippen LogP) is 4.66. The quantitative estimate of drug-likeness (QED) is 0.620. The molecule has 0 aliphatic carbocycles. The smallest absolute Gasteiger partial charge is 0.231 e. The monoisotopic (exact) mass is 415 g/mol. The Bertz CT molecular complexity index is 1130. The summed E-state index contributed by atoms with van der Waals surface area (Å²) in [6.07, 6.45) is 1.96. The van der Waals surface area contributed by atoms with Crippen LogP contribution in [0.5, 0.6) is 23.0 Å². The Hall–Kier alpha value is -3.18. The van der Waals surface area contributed by atoms with Crippen molar-refractivity contribution in [1.82, 2.24) is 4.90 Å². The van der Waals surface area contributed by atoms with Crippen molar-refractivity contribution in [1.29, 1.82) is 0 Å². The van der Waals surface area contributed by atoms with E-state index < -0.39 is 0 Å². The van der Waals surface area contributed by atoms with Crippen molar-refractivity contribution >= 4 is 0 Å². The minimum absolute atomic E-state index is 0.320. The molecule has 0 saturated heterocycles. The summed E-state index contributed by atoms with van der Waals surface area (Å²) in [5.41, 5.74) is 6.48. The molecule has 0 aromatic heterocycles. The van der Waals surface area contributed by atoms with E-state index in [9.17, 15) is 0 Å². The van der Waals surface area contributed by atoms with E-state index in [0.29, 0.717) is 19.4 Å². The third-order valence-corrected chi connectivity index (χ3v) is 6.64. The molecule has 0 bridgehead atoms. The van der Waals surface area contributed by atoms with E-state index >= 15 is 0 Å². The third-order valence-electron chi connectivity index (χ3n) is 6.64. The summed E-state index contributed by atoms with van der Waals surface area (Å²) in [7, 11) is 1.72. The molecule has 3 heterocycles. The lowest BCUT2D eigenvalue weighted by molar-refractivity contribution is 0.151. The average Bonchev–Trinajstić information content (AvgIpc) is 3.31. The first-order chi connectivity index (χ1) is 15.3. The highest BCUT2D eigenvalue weighted by Crippen LogP contribution is 2.47. The van der Waals surface area contributed by atoms with Crippen molar-refractivity contribution in [2.24, 2.45) is 0 Å². The molecule has 3 aromatic rings. The maximum absolute atomic E-state index is 6.15. The maximum Gasteiger partial charge on any atom is 0.231 e. The van der Waals surface area contributed by atoms with Gasteiger partial charge in [0.05, 0.1) is 7.11 Å². The standard InChI is InChI=1S/C26H25NO4/c1-28-24-13-20-19(12-25(24)29-15-17-5-3-2-4-6-17)9-10-27-14-21-18(11-22(20)27)7-8-23-26(21)31-16-30-23/h2-8,12-13,22H,9-11,14-16H2,1H3. The van der Waals surface area contributed by atoms with Gasteiger partial charge in [-0.1, -0.05) is 36.4 Å². The van der Waals surface area contributed by atoms with Gasteiger partial charge >= 0.3 is 0 Å². The van der Waals surface area contributed by atoms with Crippen LogP contribution in [0.25, 0.3) is 0 Å². The normalized spacial score (nSPS) is 18.7. The zero-order chi connectivity index (χ0) is 20.8. The van der Waals surface area contributed by atoms with Crippen LogP contribution in [-0.2, 0) is 26.0 Å². The predicted molar refractivity (Wildman–Crippen MR) is 117 cm³/mol. The molecule has 0 N–H and O–H groups in total. The number of rotatable bonds is 4. The molecular weight excluding hydrogens is 390 g/mol. The highest BCUT2D eigenvalue weighted by Gasteiger charge is 2.35. The second kappa shape index (κ2) is 7.50. The fraction of sp³-hybridized carbons (Fsp3) is 0.308. The van der Waals surface area contributed by atoms with Crippen molar-refractivity contribution in [3.63, 3.8) is 0 Å². The first-order valence-corrected chi connectivity index (χ1v) is 10.8. The zero-order valence-electron chi connectivity index (χ0n) is 17.6. The molecular formula is C26H25NO4. The van der Waals surface area contributed by atoms with E-state index in [0.717, 1.165) is 54.5 Å². The van der Waals surface area contributed by atoms with Crippen LogP contribution in [0.4, 0.5) is 0 Å². The molecule has 31 heavy (non-hydrogen) atoms. The third kappa shape index (κ3) is 3.20. The van der Waals surface area contributed by atoms with Crippen molar-refractivity contribution in [2.75, 3.05) is 20.4 Å². The van der Waals surface area contributed by atoms with Crippen LogP contribution in [0, 0.1) is 0 Å². The average molecular weight is 415 g/mol. The second-order valence-corrected chi connectivity index (χ2v) is 8.35. The lowest BCUT2D eigenvalue weighted by Gasteiger charge is -2.41. The molecule has 0 spiro atoms. The number of hydrogen-bond acceptors (Lipinski definition) is 5. The summed E-state index contributed by atoms with van der Waals surface area (Å²) in [4.78, 5) is 2.55. The summed E-state index contributed by atoms with van der Waals surface area (Å²) in [5, 5.41) is 0. The van der Waals surface area contributed by atoms with Crippen molar-refractivity contribution in [2.45, 2.75) is 32.0 Å². The molecule has 0 amide bonds. The van der Waals surface area contributed by atoms with E-state index in [4.69, 9.17) is 18.9 Å². The molecule has 0 saturated carbocycles. The van der Waals surface area contributed by atoms with Gasteiger partial charge in [-0.05, 0) is 53.3 Å². The topological polar surface area (TPSA) is 40.2 Å². The van der Waals surface area contributed by atoms with Crippen LogP contribution >= 0.6 is 0 Å². The number of nitrogens with zero attached hydrogens (tertiary/aromatic N) is 1. The molecule has 3 aromatic carbocycles. The van der Waals surface area contributed by atoms with E-state index in [2.05, 4.69) is 35.2 Å². The Labute approximate surface area is 182 Å². The lowest BCUT2D eigenvalue weighted by Crippen LogP contribution is -2.39. The van der Waals surface area contributed by atoms with Gasteiger partial charge in [-0.25, -0.2) is 0 Å². The molecule has 1 unspecified atom stereocenters. The minimum Gasteiger partial charge on any atom is -0.493 e. The van der Waals surface area contributed by atoms with E-state index in [1.165, 1.54) is 22.3 Å². The van der Waals surface area contributed by atoms with Crippen LogP contribution in [0.3, 0.4) is 0 Å². The highest BCUT2D eigenvalue weighted by molar-refractivity contribution is 5.55. The SMILES string of the molecule is COc1cc2c(cc1OCc1ccccc1)CCN1Cc3c(ccc4c3OCO4)CC21. The van der Waals surface area contributed by atoms with Gasteiger partial charge < -0.3 is 18.9 Å². The molecule has 1 atom stereocenters. The van der Waals surface area contributed by atoms with Gasteiger partial charge in [-0.3, -0.25) is 4.90 Å². The number of fused-ring (bicyclic) bond motifs is 6. The van der Waals surface area contributed by atoms with Crippen molar-refractivity contribution in [3.05, 3.63) is 82.4 Å². The van der Waals surface area contributed by atoms with E-state index in [-0.39, 0.29) is 0 Å². The summed E-state index contributed by atoms with van der Waals surface area (Å²) < 4.78 is 23.2. The summed E-state index contributed by atoms with van der Waals surface area (Å²) in [6, 6.07) is 19.2. The number of ether oxygens (including phenoxy) is 4. The molecule has 0 radical (unpaired) electrons. The molecule has 0 fully saturated rings. The maximum atomic E-state index is 6.15. The number of methoxy groups -OCH3 is 1. The van der Waals surface area contributed by atoms with E-state index in [1.807, 2.05) is 24.3 Å². The van der Waals surface area contributed by atoms with Gasteiger partial charge in [0.25, 0.3) is 0 Å². The van der Waals surface area contributed by atoms with Gasteiger partial charge in [-0.15, -0.1) is 0 Å². The van der Waals surface area contributed by atoms with Gasteiger partial charge in [0, 0.05) is 24.7 Å². The largest absolute Gasteiger partial charge is 0.493 e. The number of hydrogen-bond donors (Lipinski definition) is 0. The van der Waals surface area contributed by atoms with Crippen LogP contribution < -0.4 is 18.9 Å². The highest BCUT2D eigenvalue weighted by atomic mass is 16.7. The Morgan fingerprint density at radius 1 is 1.00 bits per heavy atom. The van der Waals surface area contributed by atoms with Gasteiger partial charge in [0.15, 0.2) is 23.0 Å². The van der Waals surface area contributed by atoms with Crippen LogP contribution in [0.15, 0.2) is 54.6 Å². The molecule has 3 aliphatic heterocycles.